The van der Waals surface area contributed by atoms with Crippen LogP contribution < -0.4 is 11.1 Å². The largest absolute Gasteiger partial charge is 0.480 e. The van der Waals surface area contributed by atoms with E-state index in [1.54, 1.807) is 45.0 Å². The van der Waals surface area contributed by atoms with Crippen molar-refractivity contribution >= 4 is 35.6 Å². The Hall–Kier alpha value is -2.59. The second-order valence-electron chi connectivity index (χ2n) is 7.43. The first-order valence-corrected chi connectivity index (χ1v) is 10.5. The van der Waals surface area contributed by atoms with Crippen LogP contribution in [-0.4, -0.2) is 58.1 Å². The predicted molar refractivity (Wildman–Crippen MR) is 112 cm³/mol. The normalized spacial score (nSPS) is 13.1. The Labute approximate surface area is 179 Å². The third-order valence-electron chi connectivity index (χ3n) is 3.59. The molecule has 0 bridgehead atoms. The van der Waals surface area contributed by atoms with Crippen LogP contribution in [0.15, 0.2) is 30.3 Å². The van der Waals surface area contributed by atoms with E-state index in [-0.39, 0.29) is 18.8 Å². The van der Waals surface area contributed by atoms with Gasteiger partial charge >= 0.3 is 18.0 Å². The first kappa shape index (κ1) is 25.4. The van der Waals surface area contributed by atoms with Crippen LogP contribution in [-0.2, 0) is 30.5 Å². The maximum Gasteiger partial charge on any atom is 0.408 e. The van der Waals surface area contributed by atoms with E-state index in [2.05, 4.69) is 5.32 Å². The van der Waals surface area contributed by atoms with E-state index in [4.69, 9.17) is 15.2 Å². The average molecular weight is 441 g/mol. The minimum atomic E-state index is -1.20. The topological polar surface area (TPSA) is 145 Å². The summed E-state index contributed by atoms with van der Waals surface area (Å²) in [5.74, 6) is -2.65. The number of aliphatic carboxylic acids is 1. The highest BCUT2D eigenvalue weighted by molar-refractivity contribution is 7.99. The van der Waals surface area contributed by atoms with E-state index in [0.29, 0.717) is 5.75 Å². The smallest absolute Gasteiger partial charge is 0.408 e. The molecule has 1 aromatic rings. The molecule has 10 heteroatoms. The Morgan fingerprint density at radius 1 is 1.17 bits per heavy atom. The van der Waals surface area contributed by atoms with Crippen LogP contribution in [0.5, 0.6) is 0 Å². The van der Waals surface area contributed by atoms with Crippen LogP contribution in [0.25, 0.3) is 0 Å². The van der Waals surface area contributed by atoms with E-state index in [1.165, 1.54) is 11.8 Å². The molecule has 0 fully saturated rings. The number of ether oxygens (including phenoxy) is 2. The zero-order chi connectivity index (χ0) is 22.7. The van der Waals surface area contributed by atoms with Crippen LogP contribution in [0.1, 0.15) is 32.8 Å². The molecule has 0 heterocycles. The maximum absolute atomic E-state index is 12.0. The number of hydrogen-bond acceptors (Lipinski definition) is 8. The van der Waals surface area contributed by atoms with Crippen molar-refractivity contribution in [3.8, 4) is 0 Å². The summed E-state index contributed by atoms with van der Waals surface area (Å²) in [6.07, 6.45) is -0.730. The molecule has 0 saturated heterocycles. The van der Waals surface area contributed by atoms with Gasteiger partial charge in [0.1, 0.15) is 18.2 Å². The molecule has 2 atom stereocenters. The van der Waals surface area contributed by atoms with Crippen molar-refractivity contribution < 1.29 is 33.8 Å². The van der Waals surface area contributed by atoms with Crippen LogP contribution in [0.2, 0.25) is 0 Å². The second-order valence-corrected chi connectivity index (χ2v) is 8.58. The molecular weight excluding hydrogens is 412 g/mol. The van der Waals surface area contributed by atoms with E-state index in [0.717, 1.165) is 5.56 Å². The number of carboxylic acids is 1. The molecule has 0 saturated carbocycles. The summed E-state index contributed by atoms with van der Waals surface area (Å²) in [7, 11) is 0. The van der Waals surface area contributed by atoms with Crippen molar-refractivity contribution in [2.75, 3.05) is 11.5 Å². The fraction of sp³-hybridized carbons (Fsp3) is 0.500. The summed E-state index contributed by atoms with van der Waals surface area (Å²) < 4.78 is 9.99. The molecule has 1 rings (SSSR count). The molecule has 2 unspecified atom stereocenters. The molecule has 0 aliphatic heterocycles. The number of rotatable bonds is 11. The van der Waals surface area contributed by atoms with Crippen LogP contribution in [0.3, 0.4) is 0 Å². The number of nitrogens with one attached hydrogen (secondary N) is 1. The lowest BCUT2D eigenvalue weighted by Crippen LogP contribution is -2.44. The molecule has 0 aromatic heterocycles. The van der Waals surface area contributed by atoms with Gasteiger partial charge < -0.3 is 25.6 Å². The first-order valence-electron chi connectivity index (χ1n) is 9.30. The quantitative estimate of drug-likeness (QED) is 0.266. The first-order chi connectivity index (χ1) is 14.0. The standard InChI is InChI=1S/C20H28N2O7S/c1-20(2,3)29-19(27)22-15(17(24)25)9-10-30-12-14(21)16(23)18(26)28-11-13-7-5-4-6-8-13/h4-8,14-15H,9-12,21H2,1-3H3,(H,22,27)(H,24,25). The lowest BCUT2D eigenvalue weighted by Gasteiger charge is -2.22. The lowest BCUT2D eigenvalue weighted by molar-refractivity contribution is -0.155. The number of alkyl carbamates (subject to hydrolysis) is 1. The molecule has 166 valence electrons. The van der Waals surface area contributed by atoms with Gasteiger partial charge in [0, 0.05) is 5.75 Å². The minimum Gasteiger partial charge on any atom is -0.480 e. The summed E-state index contributed by atoms with van der Waals surface area (Å²) >= 11 is 1.20. The second kappa shape index (κ2) is 12.2. The SMILES string of the molecule is CC(C)(C)OC(=O)NC(CCSCC(N)C(=O)C(=O)OCc1ccccc1)C(=O)O. The summed E-state index contributed by atoms with van der Waals surface area (Å²) in [5.41, 5.74) is 5.74. The van der Waals surface area contributed by atoms with Gasteiger partial charge in [-0.15, -0.1) is 0 Å². The molecule has 4 N–H and O–H groups in total. The molecule has 9 nitrogen and oxygen atoms in total. The highest BCUT2D eigenvalue weighted by Crippen LogP contribution is 2.10. The van der Waals surface area contributed by atoms with Crippen LogP contribution in [0, 0.1) is 0 Å². The van der Waals surface area contributed by atoms with Gasteiger partial charge in [0.25, 0.3) is 5.78 Å². The van der Waals surface area contributed by atoms with E-state index < -0.39 is 41.5 Å². The molecule has 30 heavy (non-hydrogen) atoms. The van der Waals surface area contributed by atoms with Gasteiger partial charge in [0.15, 0.2) is 0 Å². The number of hydrogen-bond donors (Lipinski definition) is 3. The molecule has 1 aromatic carbocycles. The summed E-state index contributed by atoms with van der Waals surface area (Å²) in [6, 6.07) is 6.71. The van der Waals surface area contributed by atoms with Crippen molar-refractivity contribution in [1.82, 2.24) is 5.32 Å². The summed E-state index contributed by atoms with van der Waals surface area (Å²) in [6.45, 7) is 4.98. The zero-order valence-electron chi connectivity index (χ0n) is 17.3. The Morgan fingerprint density at radius 2 is 1.80 bits per heavy atom. The van der Waals surface area contributed by atoms with Gasteiger partial charge in [-0.1, -0.05) is 30.3 Å². The number of carbonyl (C=O) groups excluding carboxylic acids is 3. The van der Waals surface area contributed by atoms with E-state index in [1.807, 2.05) is 6.07 Å². The van der Waals surface area contributed by atoms with Crippen LogP contribution >= 0.6 is 11.8 Å². The highest BCUT2D eigenvalue weighted by Gasteiger charge is 2.25. The van der Waals surface area contributed by atoms with Gasteiger partial charge in [0.05, 0.1) is 6.04 Å². The summed E-state index contributed by atoms with van der Waals surface area (Å²) in [5, 5.41) is 11.5. The summed E-state index contributed by atoms with van der Waals surface area (Å²) in [4.78, 5) is 46.8. The number of Topliss-reactive ketones (excluding diaryl/α,β-unsaturated/α-hetero) is 1. The number of thioether (sulfide) groups is 1. The maximum atomic E-state index is 12.0. The molecule has 0 radical (unpaired) electrons. The predicted octanol–water partition coefficient (Wildman–Crippen LogP) is 1.73. The Kier molecular flexibility index (Phi) is 10.3. The fourth-order valence-corrected chi connectivity index (χ4v) is 3.11. The number of benzene rings is 1. The van der Waals surface area contributed by atoms with Crippen molar-refractivity contribution in [2.24, 2.45) is 5.73 Å². The Balaban J connectivity index is 2.36. The molecule has 0 aliphatic rings. The third-order valence-corrected chi connectivity index (χ3v) is 4.71. The van der Waals surface area contributed by atoms with Gasteiger partial charge in [-0.05, 0) is 38.5 Å². The third kappa shape index (κ3) is 10.3. The number of carboxylic acid groups (broad SMARTS) is 1. The average Bonchev–Trinajstić information content (AvgIpc) is 2.66. The fourth-order valence-electron chi connectivity index (χ4n) is 2.14. The van der Waals surface area contributed by atoms with Gasteiger partial charge in [-0.2, -0.15) is 11.8 Å². The van der Waals surface area contributed by atoms with Gasteiger partial charge in [-0.3, -0.25) is 4.79 Å². The molecular formula is C20H28N2O7S. The van der Waals surface area contributed by atoms with Crippen molar-refractivity contribution in [3.05, 3.63) is 35.9 Å². The van der Waals surface area contributed by atoms with Crippen molar-refractivity contribution in [2.45, 2.75) is 51.5 Å². The number of nitrogens with two attached hydrogens (primary N) is 1. The van der Waals surface area contributed by atoms with E-state index in [9.17, 15) is 24.3 Å². The van der Waals surface area contributed by atoms with Crippen molar-refractivity contribution in [1.29, 1.82) is 0 Å². The number of esters is 1. The highest BCUT2D eigenvalue weighted by atomic mass is 32.2. The number of ketones is 1. The van der Waals surface area contributed by atoms with Gasteiger partial charge in [0.2, 0.25) is 0 Å². The Bertz CT molecular complexity index is 734. The number of amides is 1. The number of carbonyl (C=O) groups is 4. The van der Waals surface area contributed by atoms with Crippen molar-refractivity contribution in [3.63, 3.8) is 0 Å². The molecule has 1 amide bonds. The molecule has 0 spiro atoms. The Morgan fingerprint density at radius 3 is 2.37 bits per heavy atom. The van der Waals surface area contributed by atoms with Crippen LogP contribution in [0.4, 0.5) is 4.79 Å². The lowest BCUT2D eigenvalue weighted by atomic mass is 10.2. The zero-order valence-corrected chi connectivity index (χ0v) is 18.1. The van der Waals surface area contributed by atoms with Gasteiger partial charge in [-0.25, -0.2) is 14.4 Å². The van der Waals surface area contributed by atoms with E-state index >= 15 is 0 Å². The monoisotopic (exact) mass is 440 g/mol. The molecule has 0 aliphatic carbocycles. The minimum absolute atomic E-state index is 0.0259.